The van der Waals surface area contributed by atoms with Crippen molar-refractivity contribution in [3.05, 3.63) is 53.9 Å². The number of carbonyl (C=O) groups is 1. The van der Waals surface area contributed by atoms with Gasteiger partial charge in [0.2, 0.25) is 5.91 Å². The Morgan fingerprint density at radius 2 is 2.23 bits per heavy atom. The van der Waals surface area contributed by atoms with Crippen molar-refractivity contribution in [2.45, 2.75) is 19.9 Å². The summed E-state index contributed by atoms with van der Waals surface area (Å²) in [5.74, 6) is 3.15. The monoisotopic (exact) mass is 346 g/mol. The highest BCUT2D eigenvalue weighted by Gasteiger charge is 2.33. The fourth-order valence-electron chi connectivity index (χ4n) is 3.53. The molecule has 1 aromatic carbocycles. The minimum Gasteiger partial charge on any atom is -0.370 e. The Balaban J connectivity index is 1.32. The SMILES string of the molecule is CC#CN1CCc2cc(N3CC(C(=O)NCc4cccnc4)C3)ccc21. The first-order valence-corrected chi connectivity index (χ1v) is 8.99. The van der Waals surface area contributed by atoms with Crippen molar-refractivity contribution in [2.75, 3.05) is 29.4 Å². The van der Waals surface area contributed by atoms with Gasteiger partial charge in [0.15, 0.2) is 0 Å². The second-order valence-corrected chi connectivity index (χ2v) is 6.76. The molecule has 4 rings (SSSR count). The molecule has 0 spiro atoms. The van der Waals surface area contributed by atoms with Gasteiger partial charge in [-0.2, -0.15) is 0 Å². The van der Waals surface area contributed by atoms with Crippen molar-refractivity contribution in [3.8, 4) is 12.0 Å². The van der Waals surface area contributed by atoms with Gasteiger partial charge in [0.25, 0.3) is 0 Å². The maximum atomic E-state index is 12.3. The molecule has 26 heavy (non-hydrogen) atoms. The molecule has 132 valence electrons. The van der Waals surface area contributed by atoms with Gasteiger partial charge in [0, 0.05) is 50.3 Å². The molecule has 0 radical (unpaired) electrons. The lowest BCUT2D eigenvalue weighted by atomic mass is 9.97. The maximum absolute atomic E-state index is 12.3. The average Bonchev–Trinajstić information content (AvgIpc) is 3.02. The van der Waals surface area contributed by atoms with Crippen molar-refractivity contribution >= 4 is 17.3 Å². The lowest BCUT2D eigenvalue weighted by molar-refractivity contribution is -0.125. The van der Waals surface area contributed by atoms with Crippen LogP contribution >= 0.6 is 0 Å². The zero-order chi connectivity index (χ0) is 17.9. The Labute approximate surface area is 154 Å². The smallest absolute Gasteiger partial charge is 0.226 e. The van der Waals surface area contributed by atoms with E-state index in [0.717, 1.165) is 31.6 Å². The van der Waals surface area contributed by atoms with Gasteiger partial charge in [-0.3, -0.25) is 9.78 Å². The number of hydrogen-bond acceptors (Lipinski definition) is 4. The van der Waals surface area contributed by atoms with E-state index >= 15 is 0 Å². The average molecular weight is 346 g/mol. The summed E-state index contributed by atoms with van der Waals surface area (Å²) in [6.07, 6.45) is 4.55. The Bertz CT molecular complexity index is 863. The lowest BCUT2D eigenvalue weighted by Crippen LogP contribution is -2.53. The number of amides is 1. The minimum atomic E-state index is 0.0578. The maximum Gasteiger partial charge on any atom is 0.226 e. The lowest BCUT2D eigenvalue weighted by Gasteiger charge is -2.40. The van der Waals surface area contributed by atoms with Crippen molar-refractivity contribution in [2.24, 2.45) is 5.92 Å². The standard InChI is InChI=1S/C21H22N4O/c1-2-9-24-10-7-17-11-19(5-6-20(17)24)25-14-18(15-25)21(26)23-13-16-4-3-8-22-12-16/h3-6,8,11-12,18H,7,10,13-15H2,1H3,(H,23,26). The van der Waals surface area contributed by atoms with Crippen LogP contribution in [0.15, 0.2) is 42.7 Å². The summed E-state index contributed by atoms with van der Waals surface area (Å²) in [5.41, 5.74) is 4.78. The molecule has 5 nitrogen and oxygen atoms in total. The van der Waals surface area contributed by atoms with Crippen LogP contribution in [0.25, 0.3) is 0 Å². The van der Waals surface area contributed by atoms with Crippen LogP contribution in [0.4, 0.5) is 11.4 Å². The molecule has 5 heteroatoms. The van der Waals surface area contributed by atoms with E-state index in [-0.39, 0.29) is 11.8 Å². The van der Waals surface area contributed by atoms with Crippen LogP contribution in [0.2, 0.25) is 0 Å². The first kappa shape index (κ1) is 16.5. The molecule has 0 bridgehead atoms. The fourth-order valence-corrected chi connectivity index (χ4v) is 3.53. The highest BCUT2D eigenvalue weighted by Crippen LogP contribution is 2.33. The van der Waals surface area contributed by atoms with Crippen LogP contribution < -0.4 is 15.1 Å². The Morgan fingerprint density at radius 1 is 1.35 bits per heavy atom. The van der Waals surface area contributed by atoms with Gasteiger partial charge in [-0.25, -0.2) is 0 Å². The first-order valence-electron chi connectivity index (χ1n) is 8.99. The summed E-state index contributed by atoms with van der Waals surface area (Å²) >= 11 is 0. The molecule has 1 amide bonds. The third kappa shape index (κ3) is 3.23. The van der Waals surface area contributed by atoms with E-state index in [1.807, 2.05) is 19.1 Å². The summed E-state index contributed by atoms with van der Waals surface area (Å²) < 4.78 is 0. The van der Waals surface area contributed by atoms with Gasteiger partial charge in [-0.1, -0.05) is 12.0 Å². The Hall–Kier alpha value is -3.00. The molecule has 1 N–H and O–H groups in total. The molecule has 0 unspecified atom stereocenters. The van der Waals surface area contributed by atoms with Gasteiger partial charge < -0.3 is 15.1 Å². The molecule has 2 aromatic rings. The third-order valence-electron chi connectivity index (χ3n) is 5.01. The molecular weight excluding hydrogens is 324 g/mol. The van der Waals surface area contributed by atoms with Crippen LogP contribution in [0.3, 0.4) is 0 Å². The largest absolute Gasteiger partial charge is 0.370 e. The molecule has 2 aliphatic rings. The molecule has 0 saturated carbocycles. The number of pyridine rings is 1. The summed E-state index contributed by atoms with van der Waals surface area (Å²) in [7, 11) is 0. The number of aromatic nitrogens is 1. The van der Waals surface area contributed by atoms with Gasteiger partial charge >= 0.3 is 0 Å². The number of carbonyl (C=O) groups excluding carboxylic acids is 1. The van der Waals surface area contributed by atoms with Gasteiger partial charge in [0.05, 0.1) is 11.6 Å². The van der Waals surface area contributed by atoms with E-state index in [4.69, 9.17) is 0 Å². The van der Waals surface area contributed by atoms with Crippen LogP contribution in [-0.4, -0.2) is 30.5 Å². The van der Waals surface area contributed by atoms with Crippen LogP contribution in [0.5, 0.6) is 0 Å². The van der Waals surface area contributed by atoms with E-state index in [0.29, 0.717) is 6.54 Å². The highest BCUT2D eigenvalue weighted by atomic mass is 16.2. The number of rotatable bonds is 4. The topological polar surface area (TPSA) is 48.5 Å². The highest BCUT2D eigenvalue weighted by molar-refractivity contribution is 5.82. The van der Waals surface area contributed by atoms with Crippen molar-refractivity contribution in [1.29, 1.82) is 0 Å². The van der Waals surface area contributed by atoms with E-state index in [1.165, 1.54) is 16.9 Å². The van der Waals surface area contributed by atoms with Crippen LogP contribution in [0.1, 0.15) is 18.1 Å². The quantitative estimate of drug-likeness (QED) is 0.862. The number of hydrogen-bond donors (Lipinski definition) is 1. The fraction of sp³-hybridized carbons (Fsp3) is 0.333. The minimum absolute atomic E-state index is 0.0578. The van der Waals surface area contributed by atoms with E-state index in [9.17, 15) is 4.79 Å². The molecule has 1 saturated heterocycles. The summed E-state index contributed by atoms with van der Waals surface area (Å²) in [5, 5.41) is 3.01. The predicted molar refractivity (Wildman–Crippen MR) is 103 cm³/mol. The van der Waals surface area contributed by atoms with Gasteiger partial charge in [-0.15, -0.1) is 0 Å². The molecule has 0 atom stereocenters. The molecule has 0 aliphatic carbocycles. The number of fused-ring (bicyclic) bond motifs is 1. The van der Waals surface area contributed by atoms with Crippen molar-refractivity contribution in [3.63, 3.8) is 0 Å². The van der Waals surface area contributed by atoms with Gasteiger partial charge in [0.1, 0.15) is 0 Å². The van der Waals surface area contributed by atoms with Crippen molar-refractivity contribution < 1.29 is 4.79 Å². The predicted octanol–water partition coefficient (Wildman–Crippen LogP) is 2.18. The van der Waals surface area contributed by atoms with Crippen molar-refractivity contribution in [1.82, 2.24) is 10.3 Å². The summed E-state index contributed by atoms with van der Waals surface area (Å²) in [6, 6.07) is 13.5. The normalized spacial score (nSPS) is 15.7. The molecule has 1 fully saturated rings. The zero-order valence-electron chi connectivity index (χ0n) is 14.9. The second-order valence-electron chi connectivity index (χ2n) is 6.76. The Morgan fingerprint density at radius 3 is 3.00 bits per heavy atom. The molecule has 1 aromatic heterocycles. The number of anilines is 2. The molecule has 3 heterocycles. The number of nitrogens with zero attached hydrogens (tertiary/aromatic N) is 3. The molecular formula is C21H22N4O. The third-order valence-corrected chi connectivity index (χ3v) is 5.01. The number of nitrogens with one attached hydrogen (secondary N) is 1. The van der Waals surface area contributed by atoms with Crippen LogP contribution in [-0.2, 0) is 17.8 Å². The summed E-state index contributed by atoms with van der Waals surface area (Å²) in [6.45, 7) is 4.91. The summed E-state index contributed by atoms with van der Waals surface area (Å²) in [4.78, 5) is 20.7. The molecule has 2 aliphatic heterocycles. The van der Waals surface area contributed by atoms with E-state index < -0.39 is 0 Å². The zero-order valence-corrected chi connectivity index (χ0v) is 14.9. The first-order chi connectivity index (χ1) is 12.7. The number of benzene rings is 1. The Kier molecular flexibility index (Phi) is 4.49. The van der Waals surface area contributed by atoms with Gasteiger partial charge in [-0.05, 0) is 48.7 Å². The van der Waals surface area contributed by atoms with Crippen LogP contribution in [0, 0.1) is 17.9 Å². The van der Waals surface area contributed by atoms with E-state index in [2.05, 4.69) is 50.3 Å². The second kappa shape index (κ2) is 7.09. The van der Waals surface area contributed by atoms with E-state index in [1.54, 1.807) is 12.4 Å².